The maximum absolute atomic E-state index is 10.5. The molecular weight excluding hydrogens is 428 g/mol. The number of halogens is 1. The summed E-state index contributed by atoms with van der Waals surface area (Å²) in [6.07, 6.45) is 1.43. The SMILES string of the molecule is C.C.COc1cc(C=O)ccc1O.COc1cc(C=O)ccc1OCCO.OCCCl. The van der Waals surface area contributed by atoms with Crippen LogP contribution in [0.1, 0.15) is 35.6 Å². The van der Waals surface area contributed by atoms with Crippen LogP contribution in [0.25, 0.3) is 0 Å². The minimum atomic E-state index is -0.0570. The van der Waals surface area contributed by atoms with Crippen molar-refractivity contribution in [1.29, 1.82) is 0 Å². The molecule has 0 atom stereocenters. The number of rotatable bonds is 8. The van der Waals surface area contributed by atoms with Crippen molar-refractivity contribution in [3.8, 4) is 23.0 Å². The molecule has 0 spiro atoms. The highest BCUT2D eigenvalue weighted by Gasteiger charge is 2.04. The maximum atomic E-state index is 10.5. The van der Waals surface area contributed by atoms with E-state index in [2.05, 4.69) is 0 Å². The summed E-state index contributed by atoms with van der Waals surface area (Å²) in [5.74, 6) is 1.71. The Morgan fingerprint density at radius 1 is 0.839 bits per heavy atom. The Balaban J connectivity index is -0.000000416. The van der Waals surface area contributed by atoms with Crippen LogP contribution in [0.15, 0.2) is 36.4 Å². The molecule has 0 aliphatic heterocycles. The van der Waals surface area contributed by atoms with E-state index in [-0.39, 0.29) is 40.4 Å². The Kier molecular flexibility index (Phi) is 21.7. The van der Waals surface area contributed by atoms with Gasteiger partial charge in [-0.2, -0.15) is 0 Å². The van der Waals surface area contributed by atoms with E-state index in [1.165, 1.54) is 32.4 Å². The van der Waals surface area contributed by atoms with Crippen LogP contribution in [0, 0.1) is 0 Å². The van der Waals surface area contributed by atoms with Crippen molar-refractivity contribution in [3.05, 3.63) is 47.5 Å². The van der Waals surface area contributed by atoms with E-state index in [0.717, 1.165) is 6.29 Å². The molecule has 0 aliphatic carbocycles. The van der Waals surface area contributed by atoms with Gasteiger partial charge in [0.2, 0.25) is 0 Å². The zero-order valence-electron chi connectivity index (χ0n) is 16.2. The van der Waals surface area contributed by atoms with Gasteiger partial charge in [0.15, 0.2) is 23.0 Å². The lowest BCUT2D eigenvalue weighted by molar-refractivity contribution is 0.111. The number of methoxy groups -OCH3 is 2. The first-order chi connectivity index (χ1) is 14.0. The number of aliphatic hydroxyl groups excluding tert-OH is 2. The number of hydrogen-bond donors (Lipinski definition) is 3. The summed E-state index contributed by atoms with van der Waals surface area (Å²) in [5.41, 5.74) is 1.01. The highest BCUT2D eigenvalue weighted by molar-refractivity contribution is 6.17. The molecule has 0 bridgehead atoms. The van der Waals surface area contributed by atoms with Gasteiger partial charge in [0.25, 0.3) is 0 Å². The summed E-state index contributed by atoms with van der Waals surface area (Å²) in [4.78, 5) is 20.7. The highest BCUT2D eigenvalue weighted by atomic mass is 35.5. The second kappa shape index (κ2) is 20.5. The van der Waals surface area contributed by atoms with Gasteiger partial charge in [0.05, 0.1) is 27.4 Å². The van der Waals surface area contributed by atoms with Crippen molar-refractivity contribution < 1.29 is 39.1 Å². The molecule has 0 aliphatic rings. The summed E-state index contributed by atoms with van der Waals surface area (Å²) in [5, 5.41) is 25.4. The Bertz CT molecular complexity index is 735. The molecule has 8 nitrogen and oxygen atoms in total. The van der Waals surface area contributed by atoms with Crippen molar-refractivity contribution in [3.63, 3.8) is 0 Å². The van der Waals surface area contributed by atoms with Crippen LogP contribution in [0.4, 0.5) is 0 Å². The lowest BCUT2D eigenvalue weighted by Crippen LogP contribution is -2.03. The average Bonchev–Trinajstić information content (AvgIpc) is 2.78. The molecule has 2 aromatic rings. The Morgan fingerprint density at radius 3 is 1.74 bits per heavy atom. The van der Waals surface area contributed by atoms with Crippen molar-refractivity contribution in [2.24, 2.45) is 0 Å². The second-order valence-electron chi connectivity index (χ2n) is 5.06. The van der Waals surface area contributed by atoms with Crippen LogP contribution in [-0.2, 0) is 0 Å². The van der Waals surface area contributed by atoms with E-state index in [0.29, 0.717) is 40.5 Å². The number of carbonyl (C=O) groups is 2. The Morgan fingerprint density at radius 2 is 1.32 bits per heavy atom. The molecule has 9 heteroatoms. The first-order valence-corrected chi connectivity index (χ1v) is 8.90. The Labute approximate surface area is 189 Å². The molecule has 2 rings (SSSR count). The zero-order chi connectivity index (χ0) is 22.1. The van der Waals surface area contributed by atoms with Crippen LogP contribution >= 0.6 is 11.6 Å². The number of phenols is 1. The number of carbonyl (C=O) groups excluding carboxylic acids is 2. The van der Waals surface area contributed by atoms with Crippen molar-refractivity contribution >= 4 is 24.2 Å². The van der Waals surface area contributed by atoms with Crippen molar-refractivity contribution in [2.45, 2.75) is 14.9 Å². The standard InChI is InChI=1S/C10H12O4.C8H8O3.C2H5ClO.2CH4/c1-13-10-6-8(7-12)2-3-9(10)14-5-4-11;1-11-8-4-6(5-9)2-3-7(8)10;3-1-2-4;;/h2-3,6-7,11H,4-5H2,1H3;2-5,10H,1H3;4H,1-2H2;2*1H4. The third kappa shape index (κ3) is 13.2. The number of hydrogen-bond acceptors (Lipinski definition) is 8. The molecule has 0 unspecified atom stereocenters. The molecule has 0 aromatic heterocycles. The largest absolute Gasteiger partial charge is 0.504 e. The minimum absolute atomic E-state index is 0. The molecule has 0 saturated heterocycles. The van der Waals surface area contributed by atoms with Crippen LogP contribution in [0.5, 0.6) is 23.0 Å². The van der Waals surface area contributed by atoms with Gasteiger partial charge in [-0.05, 0) is 36.4 Å². The van der Waals surface area contributed by atoms with Gasteiger partial charge < -0.3 is 29.5 Å². The summed E-state index contributed by atoms with van der Waals surface area (Å²) >= 11 is 4.94. The number of alkyl halides is 1. The summed E-state index contributed by atoms with van der Waals surface area (Å²) in [6, 6.07) is 9.26. The lowest BCUT2D eigenvalue weighted by Gasteiger charge is -2.09. The molecule has 2 aromatic carbocycles. The molecule has 31 heavy (non-hydrogen) atoms. The predicted molar refractivity (Wildman–Crippen MR) is 122 cm³/mol. The molecule has 0 fully saturated rings. The van der Waals surface area contributed by atoms with E-state index in [4.69, 9.17) is 41.1 Å². The van der Waals surface area contributed by atoms with E-state index in [1.807, 2.05) is 0 Å². The fourth-order valence-corrected chi connectivity index (χ4v) is 1.80. The molecule has 0 amide bonds. The molecule has 0 radical (unpaired) electrons. The second-order valence-corrected chi connectivity index (χ2v) is 5.44. The van der Waals surface area contributed by atoms with Crippen LogP contribution in [0.2, 0.25) is 0 Å². The van der Waals surface area contributed by atoms with Gasteiger partial charge in [-0.15, -0.1) is 11.6 Å². The van der Waals surface area contributed by atoms with Crippen LogP contribution in [-0.4, -0.2) is 67.8 Å². The molecule has 0 saturated carbocycles. The van der Waals surface area contributed by atoms with Gasteiger partial charge in [0.1, 0.15) is 19.2 Å². The van der Waals surface area contributed by atoms with Gasteiger partial charge in [-0.3, -0.25) is 9.59 Å². The molecular formula is C22H33ClO8. The van der Waals surface area contributed by atoms with E-state index in [9.17, 15) is 9.59 Å². The predicted octanol–water partition coefficient (Wildman–Crippen LogP) is 3.58. The summed E-state index contributed by atoms with van der Waals surface area (Å²) in [6.45, 7) is 0.233. The van der Waals surface area contributed by atoms with Crippen molar-refractivity contribution in [1.82, 2.24) is 0 Å². The topological polar surface area (TPSA) is 123 Å². The summed E-state index contributed by atoms with van der Waals surface area (Å²) in [7, 11) is 2.93. The number of aliphatic hydroxyl groups is 2. The monoisotopic (exact) mass is 460 g/mol. The van der Waals surface area contributed by atoms with Crippen molar-refractivity contribution in [2.75, 3.05) is 39.9 Å². The summed E-state index contributed by atoms with van der Waals surface area (Å²) < 4.78 is 15.0. The molecule has 0 heterocycles. The van der Waals surface area contributed by atoms with E-state index in [1.54, 1.807) is 18.2 Å². The first kappa shape index (κ1) is 32.8. The molecule has 176 valence electrons. The fraction of sp³-hybridized carbons (Fsp3) is 0.364. The van der Waals surface area contributed by atoms with Gasteiger partial charge in [-0.25, -0.2) is 0 Å². The number of phenolic OH excluding ortho intramolecular Hbond substituents is 1. The van der Waals surface area contributed by atoms with Gasteiger partial charge in [0, 0.05) is 17.0 Å². The van der Waals surface area contributed by atoms with Gasteiger partial charge in [-0.1, -0.05) is 14.9 Å². The zero-order valence-corrected chi connectivity index (χ0v) is 17.0. The smallest absolute Gasteiger partial charge is 0.161 e. The normalized spacial score (nSPS) is 8.55. The minimum Gasteiger partial charge on any atom is -0.504 e. The third-order valence-electron chi connectivity index (χ3n) is 3.10. The van der Waals surface area contributed by atoms with Crippen LogP contribution < -0.4 is 14.2 Å². The maximum Gasteiger partial charge on any atom is 0.161 e. The fourth-order valence-electron chi connectivity index (χ4n) is 1.80. The third-order valence-corrected chi connectivity index (χ3v) is 3.27. The Hall–Kier alpha value is -2.81. The number of benzene rings is 2. The highest BCUT2D eigenvalue weighted by Crippen LogP contribution is 2.27. The lowest BCUT2D eigenvalue weighted by atomic mass is 10.2. The number of ether oxygens (including phenoxy) is 3. The first-order valence-electron chi connectivity index (χ1n) is 8.37. The average molecular weight is 461 g/mol. The quantitative estimate of drug-likeness (QED) is 0.403. The van der Waals surface area contributed by atoms with Crippen LogP contribution in [0.3, 0.4) is 0 Å². The number of aromatic hydroxyl groups is 1. The number of aldehydes is 2. The van der Waals surface area contributed by atoms with E-state index >= 15 is 0 Å². The molecule has 3 N–H and O–H groups in total. The van der Waals surface area contributed by atoms with Gasteiger partial charge >= 0.3 is 0 Å². The van der Waals surface area contributed by atoms with E-state index < -0.39 is 0 Å².